The Morgan fingerprint density at radius 3 is 2.38 bits per heavy atom. The minimum atomic E-state index is -0.293. The zero-order chi connectivity index (χ0) is 17.3. The van der Waals surface area contributed by atoms with Crippen molar-refractivity contribution in [3.8, 4) is 11.3 Å². The summed E-state index contributed by atoms with van der Waals surface area (Å²) in [6.45, 7) is -0.223. The average Bonchev–Trinajstić information content (AvgIpc) is 2.56. The second-order valence-corrected chi connectivity index (χ2v) is 6.35. The molecule has 0 saturated carbocycles. The summed E-state index contributed by atoms with van der Waals surface area (Å²) in [5.74, 6) is -0.293. The van der Waals surface area contributed by atoms with Crippen molar-refractivity contribution in [1.82, 2.24) is 4.98 Å². The van der Waals surface area contributed by atoms with Crippen molar-refractivity contribution in [1.29, 1.82) is 0 Å². The van der Waals surface area contributed by atoms with Crippen LogP contribution in [-0.4, -0.2) is 17.3 Å². The van der Waals surface area contributed by atoms with Gasteiger partial charge in [-0.1, -0.05) is 46.9 Å². The van der Waals surface area contributed by atoms with E-state index in [0.717, 1.165) is 5.56 Å². The second-order valence-electron chi connectivity index (χ2n) is 5.10. The van der Waals surface area contributed by atoms with Gasteiger partial charge in [-0.05, 0) is 30.3 Å². The lowest BCUT2D eigenvalue weighted by atomic mass is 10.0. The number of rotatable bonds is 4. The number of nitrogens with zero attached hydrogens (tertiary/aromatic N) is 2. The molecule has 1 N–H and O–H groups in total. The zero-order valence-corrected chi connectivity index (χ0v) is 14.5. The first kappa shape index (κ1) is 16.8. The van der Waals surface area contributed by atoms with E-state index in [2.05, 4.69) is 4.98 Å². The van der Waals surface area contributed by atoms with Gasteiger partial charge in [-0.25, -0.2) is 4.98 Å². The fourth-order valence-corrected chi connectivity index (χ4v) is 2.83. The van der Waals surface area contributed by atoms with Crippen LogP contribution in [0.4, 0.5) is 0 Å². The average molecular weight is 379 g/mol. The molecule has 120 valence electrons. The molecule has 3 aromatic rings. The van der Waals surface area contributed by atoms with E-state index in [0.29, 0.717) is 37.2 Å². The number of Topliss-reactive ketones (excluding diaryl/α,β-unsaturated/α-hetero) is 1. The van der Waals surface area contributed by atoms with Crippen LogP contribution in [0.15, 0.2) is 42.5 Å². The molecule has 0 aliphatic heterocycles. The summed E-state index contributed by atoms with van der Waals surface area (Å²) in [5.41, 5.74) is 11.2. The second kappa shape index (κ2) is 6.85. The fraction of sp³-hybridized carbons (Fsp3) is 0.0588. The fourth-order valence-electron chi connectivity index (χ4n) is 2.39. The molecule has 0 bridgehead atoms. The zero-order valence-electron chi connectivity index (χ0n) is 12.2. The van der Waals surface area contributed by atoms with Crippen molar-refractivity contribution in [3.05, 3.63) is 68.6 Å². The first-order chi connectivity index (χ1) is 11.5. The van der Waals surface area contributed by atoms with Gasteiger partial charge in [0.1, 0.15) is 0 Å². The Kier molecular flexibility index (Phi) is 4.81. The standard InChI is InChI=1S/C17H10Cl3N3O/c18-10-3-1-9(2-4-10)15-6-12(17(24)8-22-21)11-5-13(19)14(20)7-16(11)23-15/h1-7,22H,8H2. The summed E-state index contributed by atoms with van der Waals surface area (Å²) in [6, 6.07) is 12.0. The molecule has 7 heteroatoms. The van der Waals surface area contributed by atoms with Gasteiger partial charge in [-0.15, -0.1) is 0 Å². The number of fused-ring (bicyclic) bond motifs is 1. The van der Waals surface area contributed by atoms with Crippen LogP contribution in [0.3, 0.4) is 0 Å². The van der Waals surface area contributed by atoms with Crippen LogP contribution >= 0.6 is 34.8 Å². The largest absolute Gasteiger partial charge is 0.508 e. The van der Waals surface area contributed by atoms with E-state index < -0.39 is 0 Å². The number of hydrogen-bond donors (Lipinski definition) is 1. The first-order valence-electron chi connectivity index (χ1n) is 6.95. The summed E-state index contributed by atoms with van der Waals surface area (Å²) >= 11 is 18.1. The van der Waals surface area contributed by atoms with Crippen molar-refractivity contribution in [2.75, 3.05) is 6.54 Å². The predicted octanol–water partition coefficient (Wildman–Crippen LogP) is 4.15. The van der Waals surface area contributed by atoms with E-state index in [-0.39, 0.29) is 12.3 Å². The van der Waals surface area contributed by atoms with Gasteiger partial charge >= 0.3 is 0 Å². The lowest BCUT2D eigenvalue weighted by Crippen LogP contribution is -2.65. The Hall–Kier alpha value is -2.01. The Morgan fingerprint density at radius 2 is 1.71 bits per heavy atom. The minimum absolute atomic E-state index is 0.223. The van der Waals surface area contributed by atoms with Crippen molar-refractivity contribution in [2.24, 2.45) is 0 Å². The number of benzene rings is 2. The Bertz CT molecular complexity index is 955. The van der Waals surface area contributed by atoms with E-state index >= 15 is 0 Å². The topological polar surface area (TPSA) is 66.2 Å². The SMILES string of the molecule is [N-]=[NH+]CC(=O)c1cc(-c2ccc(Cl)cc2)nc2cc(Cl)c(Cl)cc12. The van der Waals surface area contributed by atoms with Gasteiger partial charge < -0.3 is 10.6 Å². The molecule has 4 nitrogen and oxygen atoms in total. The number of nitrogens with one attached hydrogen (secondary N) is 1. The van der Waals surface area contributed by atoms with Crippen LogP contribution in [0, 0.1) is 0 Å². The maximum absolute atomic E-state index is 12.3. The summed E-state index contributed by atoms with van der Waals surface area (Å²) in [4.78, 5) is 16.9. The lowest BCUT2D eigenvalue weighted by molar-refractivity contribution is -0.465. The van der Waals surface area contributed by atoms with Crippen molar-refractivity contribution in [3.63, 3.8) is 0 Å². The highest BCUT2D eigenvalue weighted by molar-refractivity contribution is 6.43. The molecular weight excluding hydrogens is 369 g/mol. The van der Waals surface area contributed by atoms with Gasteiger partial charge in [0.05, 0.1) is 21.3 Å². The van der Waals surface area contributed by atoms with Crippen LogP contribution in [-0.2, 0) is 0 Å². The Balaban J connectivity index is 2.28. The summed E-state index contributed by atoms with van der Waals surface area (Å²) < 4.78 is 0. The van der Waals surface area contributed by atoms with Gasteiger partial charge in [-0.3, -0.25) is 4.79 Å². The molecule has 0 aliphatic carbocycles. The molecule has 1 heterocycles. The molecule has 0 amide bonds. The first-order valence-corrected chi connectivity index (χ1v) is 8.09. The third-order valence-corrected chi connectivity index (χ3v) is 4.50. The molecule has 2 aromatic carbocycles. The van der Waals surface area contributed by atoms with Crippen LogP contribution < -0.4 is 5.11 Å². The number of aromatic nitrogens is 1. The van der Waals surface area contributed by atoms with E-state index in [1.807, 2.05) is 17.2 Å². The molecule has 1 aromatic heterocycles. The number of carbonyl (C=O) groups is 1. The van der Waals surface area contributed by atoms with Crippen LogP contribution in [0.25, 0.3) is 27.7 Å². The number of hydrogen-bond acceptors (Lipinski definition) is 2. The normalized spacial score (nSPS) is 10.8. The highest BCUT2D eigenvalue weighted by Crippen LogP contribution is 2.31. The van der Waals surface area contributed by atoms with Crippen molar-refractivity contribution < 1.29 is 9.91 Å². The molecule has 0 fully saturated rings. The highest BCUT2D eigenvalue weighted by atomic mass is 35.5. The van der Waals surface area contributed by atoms with E-state index in [4.69, 9.17) is 40.3 Å². The van der Waals surface area contributed by atoms with Crippen molar-refractivity contribution in [2.45, 2.75) is 0 Å². The van der Waals surface area contributed by atoms with Gasteiger partial charge in [0.2, 0.25) is 5.78 Å². The highest BCUT2D eigenvalue weighted by Gasteiger charge is 2.16. The molecule has 0 radical (unpaired) electrons. The van der Waals surface area contributed by atoms with Gasteiger partial charge in [0.15, 0.2) is 6.54 Å². The van der Waals surface area contributed by atoms with E-state index in [9.17, 15) is 4.79 Å². The van der Waals surface area contributed by atoms with Gasteiger partial charge in [-0.2, -0.15) is 0 Å². The molecule has 0 saturated heterocycles. The molecule has 0 unspecified atom stereocenters. The summed E-state index contributed by atoms with van der Waals surface area (Å²) in [5, 5.41) is 3.74. The Labute approximate surface area is 152 Å². The molecule has 0 aliphatic rings. The van der Waals surface area contributed by atoms with E-state index in [1.165, 1.54) is 0 Å². The predicted molar refractivity (Wildman–Crippen MR) is 95.7 cm³/mol. The lowest BCUT2D eigenvalue weighted by Gasteiger charge is -2.09. The maximum atomic E-state index is 12.3. The van der Waals surface area contributed by atoms with Crippen molar-refractivity contribution >= 4 is 51.5 Å². The smallest absolute Gasteiger partial charge is 0.226 e. The van der Waals surface area contributed by atoms with Crippen LogP contribution in [0.2, 0.25) is 15.1 Å². The Morgan fingerprint density at radius 1 is 1.04 bits per heavy atom. The van der Waals surface area contributed by atoms with Crippen LogP contribution in [0.5, 0.6) is 0 Å². The summed E-state index contributed by atoms with van der Waals surface area (Å²) in [6.07, 6.45) is 0. The number of halogens is 3. The third kappa shape index (κ3) is 3.26. The molecule has 3 rings (SSSR count). The monoisotopic (exact) mass is 377 g/mol. The minimum Gasteiger partial charge on any atom is -0.508 e. The maximum Gasteiger partial charge on any atom is 0.226 e. The van der Waals surface area contributed by atoms with Crippen LogP contribution in [0.1, 0.15) is 10.4 Å². The molecule has 24 heavy (non-hydrogen) atoms. The van der Waals surface area contributed by atoms with E-state index in [1.54, 1.807) is 30.3 Å². The number of pyridine rings is 1. The molecular formula is C17H10Cl3N3O. The number of ketones is 1. The molecule has 0 spiro atoms. The van der Waals surface area contributed by atoms with Gasteiger partial charge in [0.25, 0.3) is 0 Å². The van der Waals surface area contributed by atoms with Gasteiger partial charge in [0, 0.05) is 21.5 Å². The third-order valence-electron chi connectivity index (χ3n) is 3.53. The quantitative estimate of drug-likeness (QED) is 0.547. The molecule has 0 atom stereocenters. The number of carbonyl (C=O) groups excluding carboxylic acids is 1. The summed E-state index contributed by atoms with van der Waals surface area (Å²) in [7, 11) is 0.